The molecule has 4 saturated carbocycles. The first kappa shape index (κ1) is 27.7. The van der Waals surface area contributed by atoms with Crippen LogP contribution in [-0.4, -0.2) is 89.7 Å². The van der Waals surface area contributed by atoms with Crippen molar-refractivity contribution in [2.45, 2.75) is 115 Å². The van der Waals surface area contributed by atoms with Gasteiger partial charge in [0.1, 0.15) is 11.7 Å². The monoisotopic (exact) mass is 500 g/mol. The molecule has 4 aliphatic carbocycles. The molecule has 204 valence electrons. The highest BCUT2D eigenvalue weighted by atomic mass is 16.4. The zero-order valence-corrected chi connectivity index (χ0v) is 21.7. The Morgan fingerprint density at radius 3 is 2.06 bits per heavy atom. The first-order chi connectivity index (χ1) is 16.3. The van der Waals surface area contributed by atoms with E-state index in [2.05, 4.69) is 6.92 Å². The van der Waals surface area contributed by atoms with Crippen molar-refractivity contribution >= 4 is 0 Å². The first-order valence-corrected chi connectivity index (χ1v) is 13.7. The molecule has 0 radical (unpaired) electrons. The van der Waals surface area contributed by atoms with Gasteiger partial charge in [-0.1, -0.05) is 40.5 Å². The van der Waals surface area contributed by atoms with Crippen LogP contribution in [0.15, 0.2) is 0 Å². The number of hydrogen-bond donors (Lipinski definition) is 8. The molecular weight excluding hydrogens is 452 g/mol. The Hall–Kier alpha value is -0.320. The summed E-state index contributed by atoms with van der Waals surface area (Å²) in [7, 11) is 0. The van der Waals surface area contributed by atoms with E-state index in [9.17, 15) is 40.9 Å². The SMILES string of the molecule is C[C@H](CO)CCC[C@@H](C)[C@H]1[C@@H](O)[C@@H](O)[C@@H]2[C@]1(C)CC[C@@H]1[C@@]3(C)CC[C@H](O)[C@H](O)[C@H]3[C@@H](O)[C@@H](O)[C@]12O. The molecule has 35 heavy (non-hydrogen) atoms. The van der Waals surface area contributed by atoms with Gasteiger partial charge in [-0.3, -0.25) is 0 Å². The van der Waals surface area contributed by atoms with Gasteiger partial charge in [-0.15, -0.1) is 0 Å². The van der Waals surface area contributed by atoms with Crippen LogP contribution in [0.5, 0.6) is 0 Å². The number of aliphatic hydroxyl groups is 8. The maximum absolute atomic E-state index is 12.3. The van der Waals surface area contributed by atoms with Crippen LogP contribution in [0.1, 0.15) is 72.6 Å². The average molecular weight is 501 g/mol. The van der Waals surface area contributed by atoms with Gasteiger partial charge in [0.25, 0.3) is 0 Å². The summed E-state index contributed by atoms with van der Waals surface area (Å²) in [6, 6.07) is 0. The van der Waals surface area contributed by atoms with E-state index in [-0.39, 0.29) is 24.4 Å². The summed E-state index contributed by atoms with van der Waals surface area (Å²) in [5, 5.41) is 88.0. The largest absolute Gasteiger partial charge is 0.396 e. The van der Waals surface area contributed by atoms with Gasteiger partial charge in [0, 0.05) is 18.4 Å². The van der Waals surface area contributed by atoms with Crippen molar-refractivity contribution < 1.29 is 40.9 Å². The molecule has 4 aliphatic rings. The minimum atomic E-state index is -1.83. The molecule has 4 rings (SSSR count). The second-order valence-corrected chi connectivity index (χ2v) is 13.2. The Balaban J connectivity index is 1.67. The maximum atomic E-state index is 12.3. The highest BCUT2D eigenvalue weighted by Gasteiger charge is 2.76. The van der Waals surface area contributed by atoms with Gasteiger partial charge in [0.15, 0.2) is 0 Å². The predicted molar refractivity (Wildman–Crippen MR) is 129 cm³/mol. The fourth-order valence-corrected chi connectivity index (χ4v) is 9.61. The van der Waals surface area contributed by atoms with Gasteiger partial charge < -0.3 is 40.9 Å². The number of fused-ring (bicyclic) bond motifs is 5. The van der Waals surface area contributed by atoms with Gasteiger partial charge in [-0.2, -0.15) is 0 Å². The summed E-state index contributed by atoms with van der Waals surface area (Å²) >= 11 is 0. The van der Waals surface area contributed by atoms with Gasteiger partial charge in [0.2, 0.25) is 0 Å². The molecule has 0 aromatic carbocycles. The van der Waals surface area contributed by atoms with Crippen molar-refractivity contribution in [2.24, 2.45) is 46.3 Å². The number of rotatable bonds is 6. The Morgan fingerprint density at radius 2 is 1.43 bits per heavy atom. The van der Waals surface area contributed by atoms with Crippen molar-refractivity contribution in [3.05, 3.63) is 0 Å². The van der Waals surface area contributed by atoms with Crippen LogP contribution in [0, 0.1) is 46.3 Å². The van der Waals surface area contributed by atoms with E-state index in [0.717, 1.165) is 19.3 Å². The zero-order chi connectivity index (χ0) is 26.1. The van der Waals surface area contributed by atoms with E-state index in [1.54, 1.807) is 0 Å². The lowest BCUT2D eigenvalue weighted by molar-refractivity contribution is -0.322. The van der Waals surface area contributed by atoms with Crippen molar-refractivity contribution in [3.63, 3.8) is 0 Å². The molecule has 8 heteroatoms. The third-order valence-electron chi connectivity index (χ3n) is 11.3. The van der Waals surface area contributed by atoms with E-state index in [0.29, 0.717) is 25.7 Å². The Morgan fingerprint density at radius 1 is 0.800 bits per heavy atom. The quantitative estimate of drug-likeness (QED) is 0.260. The van der Waals surface area contributed by atoms with Crippen LogP contribution in [0.2, 0.25) is 0 Å². The van der Waals surface area contributed by atoms with Crippen molar-refractivity contribution in [3.8, 4) is 0 Å². The molecule has 0 bridgehead atoms. The molecule has 0 aliphatic heterocycles. The van der Waals surface area contributed by atoms with Crippen LogP contribution < -0.4 is 0 Å². The lowest BCUT2D eigenvalue weighted by Gasteiger charge is -2.67. The molecule has 4 fully saturated rings. The normalized spacial score (nSPS) is 55.5. The van der Waals surface area contributed by atoms with Crippen LogP contribution in [0.25, 0.3) is 0 Å². The maximum Gasteiger partial charge on any atom is 0.110 e. The standard InChI is InChI=1S/C27H48O8/c1-13(12-28)6-5-7-14(2)17-20(31)22(33)23-26(17,4)11-9-16-25(3)10-8-15(29)19(30)18(25)21(32)24(34)27(16,23)35/h13-24,28-35H,5-12H2,1-4H3/t13-,14+,15-,16+,17-,18-,19-,20+,21+,22+,23+,24+,25+,26+,27-/m0/s1. The van der Waals surface area contributed by atoms with E-state index in [1.165, 1.54) is 0 Å². The molecule has 0 aromatic heterocycles. The lowest BCUT2D eigenvalue weighted by Crippen LogP contribution is -2.76. The molecule has 0 saturated heterocycles. The Labute approximate surface area is 209 Å². The van der Waals surface area contributed by atoms with E-state index in [4.69, 9.17) is 0 Å². The Bertz CT molecular complexity index is 765. The molecule has 0 amide bonds. The topological polar surface area (TPSA) is 162 Å². The first-order valence-electron chi connectivity index (χ1n) is 13.7. The summed E-state index contributed by atoms with van der Waals surface area (Å²) in [5.41, 5.74) is -3.22. The second-order valence-electron chi connectivity index (χ2n) is 13.2. The third-order valence-corrected chi connectivity index (χ3v) is 11.3. The second kappa shape index (κ2) is 9.45. The molecule has 15 atom stereocenters. The predicted octanol–water partition coefficient (Wildman–Crippen LogP) is 0.410. The Kier molecular flexibility index (Phi) is 7.48. The fraction of sp³-hybridized carbons (Fsp3) is 1.00. The van der Waals surface area contributed by atoms with Gasteiger partial charge in [-0.05, 0) is 66.6 Å². The molecule has 0 unspecified atom stereocenters. The minimum Gasteiger partial charge on any atom is -0.396 e. The highest BCUT2D eigenvalue weighted by Crippen LogP contribution is 2.69. The summed E-state index contributed by atoms with van der Waals surface area (Å²) < 4.78 is 0. The molecule has 8 nitrogen and oxygen atoms in total. The van der Waals surface area contributed by atoms with E-state index >= 15 is 0 Å². The van der Waals surface area contributed by atoms with Gasteiger partial charge in [-0.25, -0.2) is 0 Å². The van der Waals surface area contributed by atoms with E-state index in [1.807, 2.05) is 20.8 Å². The average Bonchev–Trinajstić information content (AvgIpc) is 3.00. The smallest absolute Gasteiger partial charge is 0.110 e. The summed E-state index contributed by atoms with van der Waals surface area (Å²) in [6.45, 7) is 8.11. The fourth-order valence-electron chi connectivity index (χ4n) is 9.61. The van der Waals surface area contributed by atoms with Gasteiger partial charge >= 0.3 is 0 Å². The summed E-state index contributed by atoms with van der Waals surface area (Å²) in [6.07, 6.45) is -3.02. The lowest BCUT2D eigenvalue weighted by atomic mass is 9.40. The van der Waals surface area contributed by atoms with Gasteiger partial charge in [0.05, 0.1) is 30.5 Å². The zero-order valence-electron chi connectivity index (χ0n) is 21.7. The molecule has 0 aromatic rings. The summed E-state index contributed by atoms with van der Waals surface area (Å²) in [4.78, 5) is 0. The van der Waals surface area contributed by atoms with Crippen molar-refractivity contribution in [2.75, 3.05) is 6.61 Å². The molecule has 0 heterocycles. The summed E-state index contributed by atoms with van der Waals surface area (Å²) in [5.74, 6) is -2.15. The third kappa shape index (κ3) is 3.85. The molecule has 8 N–H and O–H groups in total. The molecular formula is C27H48O8. The van der Waals surface area contributed by atoms with E-state index < -0.39 is 70.8 Å². The number of aliphatic hydroxyl groups excluding tert-OH is 7. The highest BCUT2D eigenvalue weighted by molar-refractivity contribution is 5.25. The molecule has 0 spiro atoms. The minimum absolute atomic E-state index is 0.0568. The van der Waals surface area contributed by atoms with Crippen LogP contribution in [0.3, 0.4) is 0 Å². The number of hydrogen-bond acceptors (Lipinski definition) is 8. The van der Waals surface area contributed by atoms with Crippen LogP contribution in [-0.2, 0) is 0 Å². The van der Waals surface area contributed by atoms with Crippen molar-refractivity contribution in [1.29, 1.82) is 0 Å². The van der Waals surface area contributed by atoms with Crippen molar-refractivity contribution in [1.82, 2.24) is 0 Å². The van der Waals surface area contributed by atoms with Crippen LogP contribution in [0.4, 0.5) is 0 Å². The van der Waals surface area contributed by atoms with Crippen LogP contribution >= 0.6 is 0 Å².